The average Bonchev–Trinajstić information content (AvgIpc) is 2.97. The Bertz CT molecular complexity index is 1220. The van der Waals surface area contributed by atoms with Crippen LogP contribution in [0.15, 0.2) is 36.0 Å². The molecule has 2 aliphatic heterocycles. The summed E-state index contributed by atoms with van der Waals surface area (Å²) in [5, 5.41) is 1.30. The number of hydrogen-bond donors (Lipinski definition) is 0. The van der Waals surface area contributed by atoms with E-state index < -0.39 is 11.9 Å². The molecule has 1 atom stereocenters. The van der Waals surface area contributed by atoms with Gasteiger partial charge in [-0.25, -0.2) is 9.38 Å². The number of nitrogens with zero attached hydrogens (tertiary/aromatic N) is 1. The molecule has 0 radical (unpaired) electrons. The summed E-state index contributed by atoms with van der Waals surface area (Å²) in [6, 6.07) is 3.64. The monoisotopic (exact) mass is 395 g/mol. The molecular formula is C22H18FNO3S. The molecule has 2 aliphatic rings. The highest BCUT2D eigenvalue weighted by Gasteiger charge is 2.25. The van der Waals surface area contributed by atoms with Crippen molar-refractivity contribution in [2.24, 2.45) is 4.99 Å². The van der Waals surface area contributed by atoms with Gasteiger partial charge in [-0.2, -0.15) is 0 Å². The Hall–Kier alpha value is -2.99. The van der Waals surface area contributed by atoms with Gasteiger partial charge >= 0.3 is 0 Å². The molecule has 142 valence electrons. The van der Waals surface area contributed by atoms with E-state index in [-0.39, 0.29) is 5.91 Å². The first-order valence-electron chi connectivity index (χ1n) is 8.75. The molecule has 0 N–H and O–H groups in total. The van der Waals surface area contributed by atoms with Crippen molar-refractivity contribution in [3.05, 3.63) is 68.1 Å². The summed E-state index contributed by atoms with van der Waals surface area (Å²) in [5.41, 5.74) is 2.05. The lowest BCUT2D eigenvalue weighted by molar-refractivity contribution is -0.124. The number of carbonyl (C=O) groups excluding carboxylic acids is 1. The molecular weight excluding hydrogens is 377 g/mol. The molecule has 1 aromatic heterocycles. The van der Waals surface area contributed by atoms with E-state index in [9.17, 15) is 9.18 Å². The number of thiophene rings is 1. The maximum Gasteiger partial charge on any atom is 0.287 e. The van der Waals surface area contributed by atoms with Crippen molar-refractivity contribution >= 4 is 41.0 Å². The number of carbonyl (C=O) groups is 1. The van der Waals surface area contributed by atoms with E-state index in [4.69, 9.17) is 9.47 Å². The van der Waals surface area contributed by atoms with Gasteiger partial charge < -0.3 is 9.47 Å². The predicted molar refractivity (Wildman–Crippen MR) is 109 cm³/mol. The van der Waals surface area contributed by atoms with E-state index in [0.29, 0.717) is 33.1 Å². The van der Waals surface area contributed by atoms with Gasteiger partial charge in [0.25, 0.3) is 5.91 Å². The van der Waals surface area contributed by atoms with Crippen LogP contribution in [0, 0.1) is 6.92 Å². The fourth-order valence-corrected chi connectivity index (χ4v) is 4.57. The fourth-order valence-electron chi connectivity index (χ4n) is 3.40. The highest BCUT2D eigenvalue weighted by Crippen LogP contribution is 2.39. The van der Waals surface area contributed by atoms with Crippen LogP contribution >= 0.6 is 11.3 Å². The zero-order chi connectivity index (χ0) is 20.2. The number of benzene rings is 1. The molecule has 1 unspecified atom stereocenters. The quantitative estimate of drug-likeness (QED) is 0.786. The van der Waals surface area contributed by atoms with Gasteiger partial charge in [-0.05, 0) is 50.1 Å². The summed E-state index contributed by atoms with van der Waals surface area (Å²) in [6.07, 6.45) is 2.87. The van der Waals surface area contributed by atoms with E-state index in [1.165, 1.54) is 11.3 Å². The molecule has 0 aliphatic carbocycles. The van der Waals surface area contributed by atoms with E-state index >= 15 is 0 Å². The summed E-state index contributed by atoms with van der Waals surface area (Å²) in [4.78, 5) is 17.5. The predicted octanol–water partition coefficient (Wildman–Crippen LogP) is 4.11. The Kier molecular flexibility index (Phi) is 4.31. The zero-order valence-corrected chi connectivity index (χ0v) is 16.6. The largest absolute Gasteiger partial charge is 0.479 e. The van der Waals surface area contributed by atoms with Crippen molar-refractivity contribution in [1.29, 1.82) is 0 Å². The van der Waals surface area contributed by atoms with Crippen LogP contribution in [0.1, 0.15) is 40.3 Å². The molecule has 0 spiro atoms. The minimum absolute atomic E-state index is 0.305. The van der Waals surface area contributed by atoms with Crippen LogP contribution in [-0.4, -0.2) is 12.0 Å². The van der Waals surface area contributed by atoms with Crippen molar-refractivity contribution in [3.63, 3.8) is 0 Å². The number of rotatable bonds is 3. The number of hydrogen-bond acceptors (Lipinski definition) is 4. The van der Waals surface area contributed by atoms with E-state index in [2.05, 4.69) is 18.2 Å². The number of fused-ring (bicyclic) bond motifs is 2. The van der Waals surface area contributed by atoms with Crippen molar-refractivity contribution in [2.75, 3.05) is 0 Å². The fraction of sp³-hybridized carbons (Fsp3) is 0.182. The van der Waals surface area contributed by atoms with Crippen molar-refractivity contribution in [1.82, 2.24) is 0 Å². The van der Waals surface area contributed by atoms with Gasteiger partial charge in [0.1, 0.15) is 22.7 Å². The van der Waals surface area contributed by atoms with E-state index in [1.807, 2.05) is 32.1 Å². The number of ether oxygens (including phenoxy) is 2. The molecule has 0 fully saturated rings. The minimum atomic E-state index is -0.631. The molecule has 6 heteroatoms. The third-order valence-electron chi connectivity index (χ3n) is 4.72. The molecule has 2 aromatic rings. The standard InChI is InChI=1S/C22H18FNO3S/c1-6-18-19(12(4)23)11(3)21(28-18)20-15-9-17-16(24-22(25)13(5)27-17)8-14(15)7-10(2)26-20/h6-9,13H,1,4H2,2-3,5H3. The number of halogens is 1. The van der Waals surface area contributed by atoms with Gasteiger partial charge in [0.05, 0.1) is 4.88 Å². The van der Waals surface area contributed by atoms with Gasteiger partial charge in [-0.15, -0.1) is 11.3 Å². The Labute approximate surface area is 165 Å². The molecule has 0 saturated carbocycles. The lowest BCUT2D eigenvalue weighted by Gasteiger charge is -2.20. The SMILES string of the molecule is C=Cc1sc(C2=c3cc4c(cc3C=C(C)O2)=NC(=O)C(C)O4)c(C)c1C(=C)F. The molecule has 28 heavy (non-hydrogen) atoms. The van der Waals surface area contributed by atoms with Gasteiger partial charge in [-0.3, -0.25) is 4.79 Å². The molecule has 1 aromatic carbocycles. The molecule has 0 bridgehead atoms. The maximum atomic E-state index is 14.0. The minimum Gasteiger partial charge on any atom is -0.479 e. The van der Waals surface area contributed by atoms with Crippen LogP contribution in [0.25, 0.3) is 23.7 Å². The van der Waals surface area contributed by atoms with Crippen LogP contribution < -0.4 is 15.3 Å². The summed E-state index contributed by atoms with van der Waals surface area (Å²) >= 11 is 1.40. The Morgan fingerprint density at radius 3 is 2.75 bits per heavy atom. The van der Waals surface area contributed by atoms with Crippen LogP contribution in [0.2, 0.25) is 0 Å². The van der Waals surface area contributed by atoms with Gasteiger partial charge in [0.2, 0.25) is 0 Å². The van der Waals surface area contributed by atoms with Crippen LogP contribution in [-0.2, 0) is 9.53 Å². The van der Waals surface area contributed by atoms with E-state index in [1.54, 1.807) is 13.0 Å². The third kappa shape index (κ3) is 2.81. The summed E-state index contributed by atoms with van der Waals surface area (Å²) in [6.45, 7) is 12.6. The van der Waals surface area contributed by atoms with Crippen molar-refractivity contribution < 1.29 is 18.7 Å². The Balaban J connectivity index is 2.04. The van der Waals surface area contributed by atoms with E-state index in [0.717, 1.165) is 21.2 Å². The second kappa shape index (κ2) is 6.56. The average molecular weight is 395 g/mol. The first-order chi connectivity index (χ1) is 13.3. The van der Waals surface area contributed by atoms with Crippen LogP contribution in [0.3, 0.4) is 0 Å². The summed E-state index contributed by atoms with van der Waals surface area (Å²) in [7, 11) is 0. The second-order valence-corrected chi connectivity index (χ2v) is 7.76. The summed E-state index contributed by atoms with van der Waals surface area (Å²) < 4.78 is 25.8. The first kappa shape index (κ1) is 18.4. The van der Waals surface area contributed by atoms with Crippen LogP contribution in [0.5, 0.6) is 5.75 Å². The smallest absolute Gasteiger partial charge is 0.287 e. The topological polar surface area (TPSA) is 47.9 Å². The highest BCUT2D eigenvalue weighted by molar-refractivity contribution is 7.14. The molecule has 0 saturated heterocycles. The number of allylic oxidation sites excluding steroid dienone is 1. The van der Waals surface area contributed by atoms with Crippen molar-refractivity contribution in [3.8, 4) is 5.75 Å². The zero-order valence-electron chi connectivity index (χ0n) is 15.8. The van der Waals surface area contributed by atoms with Crippen molar-refractivity contribution in [2.45, 2.75) is 26.9 Å². The Morgan fingerprint density at radius 2 is 2.11 bits per heavy atom. The van der Waals surface area contributed by atoms with Gasteiger partial charge in [0, 0.05) is 15.7 Å². The maximum absolute atomic E-state index is 14.0. The molecule has 3 heterocycles. The molecule has 4 rings (SSSR count). The van der Waals surface area contributed by atoms with Gasteiger partial charge in [0.15, 0.2) is 11.9 Å². The second-order valence-electron chi connectivity index (χ2n) is 6.71. The first-order valence-corrected chi connectivity index (χ1v) is 9.56. The van der Waals surface area contributed by atoms with Crippen LogP contribution in [0.4, 0.5) is 4.39 Å². The third-order valence-corrected chi connectivity index (χ3v) is 6.00. The highest BCUT2D eigenvalue weighted by atomic mass is 32.1. The lowest BCUT2D eigenvalue weighted by atomic mass is 10.0. The number of amides is 1. The normalized spacial score (nSPS) is 17.6. The Morgan fingerprint density at radius 1 is 1.36 bits per heavy atom. The molecule has 1 amide bonds. The molecule has 4 nitrogen and oxygen atoms in total. The summed E-state index contributed by atoms with van der Waals surface area (Å²) in [5.74, 6) is 1.02. The lowest BCUT2D eigenvalue weighted by Crippen LogP contribution is -2.33. The van der Waals surface area contributed by atoms with Gasteiger partial charge in [-0.1, -0.05) is 19.2 Å².